The molecule has 1 rings (SSSR count). The minimum atomic E-state index is -0.371. The van der Waals surface area contributed by atoms with E-state index in [4.69, 9.17) is 4.74 Å². The largest absolute Gasteiger partial charge is 0.462 e. The van der Waals surface area contributed by atoms with Crippen LogP contribution in [0.3, 0.4) is 0 Å². The van der Waals surface area contributed by atoms with Gasteiger partial charge in [0.05, 0.1) is 6.61 Å². The Kier molecular flexibility index (Phi) is 4.91. The number of hydrogen-bond donors (Lipinski definition) is 0. The molecule has 0 heterocycles. The van der Waals surface area contributed by atoms with Gasteiger partial charge in [0, 0.05) is 17.4 Å². The number of esters is 1. The van der Waals surface area contributed by atoms with Crippen molar-refractivity contribution in [3.05, 3.63) is 12.2 Å². The van der Waals surface area contributed by atoms with Crippen molar-refractivity contribution in [3.8, 4) is 0 Å². The highest BCUT2D eigenvalue weighted by atomic mass is 16.5. The molecule has 0 aromatic carbocycles. The van der Waals surface area contributed by atoms with Crippen molar-refractivity contribution in [2.45, 2.75) is 52.4 Å². The van der Waals surface area contributed by atoms with Crippen LogP contribution in [0.5, 0.6) is 0 Å². The number of ether oxygens (including phenoxy) is 1. The molecule has 96 valence electrons. The Labute approximate surface area is 103 Å². The molecular formula is C14H22O3. The summed E-state index contributed by atoms with van der Waals surface area (Å²) in [5.41, 5.74) is 0.289. The molecule has 1 saturated carbocycles. The average Bonchev–Trinajstić information content (AvgIpc) is 2.72. The molecular weight excluding hydrogens is 216 g/mol. The Bertz CT molecular complexity index is 311. The zero-order valence-corrected chi connectivity index (χ0v) is 10.9. The van der Waals surface area contributed by atoms with E-state index in [0.717, 1.165) is 25.7 Å². The Hall–Kier alpha value is -1.12. The Morgan fingerprint density at radius 2 is 1.88 bits per heavy atom. The van der Waals surface area contributed by atoms with Gasteiger partial charge in [-0.15, -0.1) is 0 Å². The lowest BCUT2D eigenvalue weighted by Crippen LogP contribution is -2.24. The molecule has 0 atom stereocenters. The zero-order chi connectivity index (χ0) is 12.9. The standard InChI is InChI=1S/C14H22O3/c1-11(2)13(16)17-10-6-7-12(15)14(3)8-4-5-9-14/h1,4-10H2,2-3H3. The highest BCUT2D eigenvalue weighted by Crippen LogP contribution is 2.39. The first-order valence-electron chi connectivity index (χ1n) is 6.32. The summed E-state index contributed by atoms with van der Waals surface area (Å²) in [6.07, 6.45) is 5.47. The fraction of sp³-hybridized carbons (Fsp3) is 0.714. The maximum absolute atomic E-state index is 12.0. The Morgan fingerprint density at radius 1 is 1.29 bits per heavy atom. The predicted octanol–water partition coefficient (Wildman–Crippen LogP) is 3.04. The van der Waals surface area contributed by atoms with Gasteiger partial charge in [0.2, 0.25) is 0 Å². The number of carbonyl (C=O) groups excluding carboxylic acids is 2. The van der Waals surface area contributed by atoms with Crippen molar-refractivity contribution in [1.29, 1.82) is 0 Å². The van der Waals surface area contributed by atoms with E-state index in [2.05, 4.69) is 13.5 Å². The van der Waals surface area contributed by atoms with E-state index in [0.29, 0.717) is 30.8 Å². The minimum absolute atomic E-state index is 0.113. The van der Waals surface area contributed by atoms with Gasteiger partial charge in [-0.05, 0) is 26.2 Å². The third kappa shape index (κ3) is 3.99. The van der Waals surface area contributed by atoms with Crippen molar-refractivity contribution < 1.29 is 14.3 Å². The molecule has 0 aromatic rings. The molecule has 0 N–H and O–H groups in total. The molecule has 0 aliphatic heterocycles. The van der Waals surface area contributed by atoms with Crippen LogP contribution in [-0.2, 0) is 14.3 Å². The van der Waals surface area contributed by atoms with Crippen LogP contribution in [0, 0.1) is 5.41 Å². The van der Waals surface area contributed by atoms with Crippen LogP contribution < -0.4 is 0 Å². The van der Waals surface area contributed by atoms with Gasteiger partial charge in [-0.25, -0.2) is 4.79 Å². The molecule has 1 fully saturated rings. The summed E-state index contributed by atoms with van der Waals surface area (Å²) in [5, 5.41) is 0. The molecule has 3 heteroatoms. The monoisotopic (exact) mass is 238 g/mol. The van der Waals surface area contributed by atoms with Crippen molar-refractivity contribution in [1.82, 2.24) is 0 Å². The lowest BCUT2D eigenvalue weighted by Gasteiger charge is -2.21. The van der Waals surface area contributed by atoms with E-state index in [9.17, 15) is 9.59 Å². The third-order valence-corrected chi connectivity index (χ3v) is 3.51. The molecule has 0 saturated heterocycles. The Balaban J connectivity index is 2.20. The molecule has 0 aromatic heterocycles. The quantitative estimate of drug-likeness (QED) is 0.406. The van der Waals surface area contributed by atoms with Crippen molar-refractivity contribution in [2.24, 2.45) is 5.41 Å². The number of carbonyl (C=O) groups is 2. The SMILES string of the molecule is C=C(C)C(=O)OCCCC(=O)C1(C)CCCC1. The lowest BCUT2D eigenvalue weighted by atomic mass is 9.82. The molecule has 17 heavy (non-hydrogen) atoms. The van der Waals surface area contributed by atoms with E-state index < -0.39 is 0 Å². The summed E-state index contributed by atoms with van der Waals surface area (Å²) in [7, 11) is 0. The fourth-order valence-corrected chi connectivity index (χ4v) is 2.26. The van der Waals surface area contributed by atoms with E-state index in [1.807, 2.05) is 0 Å². The zero-order valence-electron chi connectivity index (χ0n) is 10.9. The van der Waals surface area contributed by atoms with Crippen molar-refractivity contribution >= 4 is 11.8 Å². The summed E-state index contributed by atoms with van der Waals surface area (Å²) in [6.45, 7) is 7.49. The summed E-state index contributed by atoms with van der Waals surface area (Å²) >= 11 is 0. The Morgan fingerprint density at radius 3 is 2.41 bits per heavy atom. The van der Waals surface area contributed by atoms with E-state index in [1.165, 1.54) is 0 Å². The van der Waals surface area contributed by atoms with Gasteiger partial charge < -0.3 is 4.74 Å². The first-order valence-corrected chi connectivity index (χ1v) is 6.32. The van der Waals surface area contributed by atoms with Crippen LogP contribution in [0.25, 0.3) is 0 Å². The maximum Gasteiger partial charge on any atom is 0.333 e. The highest BCUT2D eigenvalue weighted by molar-refractivity contribution is 5.87. The molecule has 1 aliphatic carbocycles. The number of rotatable bonds is 6. The second-order valence-electron chi connectivity index (χ2n) is 5.21. The van der Waals surface area contributed by atoms with Crippen LogP contribution in [0.4, 0.5) is 0 Å². The third-order valence-electron chi connectivity index (χ3n) is 3.51. The molecule has 0 bridgehead atoms. The van der Waals surface area contributed by atoms with Crippen LogP contribution >= 0.6 is 0 Å². The molecule has 0 amide bonds. The second-order valence-corrected chi connectivity index (χ2v) is 5.21. The number of Topliss-reactive ketones (excluding diaryl/α,β-unsaturated/α-hetero) is 1. The van der Waals surface area contributed by atoms with Crippen LogP contribution in [0.15, 0.2) is 12.2 Å². The smallest absolute Gasteiger partial charge is 0.333 e. The van der Waals surface area contributed by atoms with Gasteiger partial charge in [0.15, 0.2) is 0 Å². The van der Waals surface area contributed by atoms with Crippen molar-refractivity contribution in [2.75, 3.05) is 6.61 Å². The van der Waals surface area contributed by atoms with Crippen LogP contribution in [0.1, 0.15) is 52.4 Å². The lowest BCUT2D eigenvalue weighted by molar-refractivity contribution is -0.139. The van der Waals surface area contributed by atoms with Gasteiger partial charge in [-0.3, -0.25) is 4.79 Å². The maximum atomic E-state index is 12.0. The summed E-state index contributed by atoms with van der Waals surface area (Å²) in [4.78, 5) is 23.1. The summed E-state index contributed by atoms with van der Waals surface area (Å²) < 4.78 is 4.96. The highest BCUT2D eigenvalue weighted by Gasteiger charge is 2.35. The van der Waals surface area contributed by atoms with Gasteiger partial charge in [-0.2, -0.15) is 0 Å². The van der Waals surface area contributed by atoms with Crippen LogP contribution in [0.2, 0.25) is 0 Å². The summed E-state index contributed by atoms with van der Waals surface area (Å²) in [6, 6.07) is 0. The number of ketones is 1. The fourth-order valence-electron chi connectivity index (χ4n) is 2.26. The van der Waals surface area contributed by atoms with Crippen molar-refractivity contribution in [3.63, 3.8) is 0 Å². The molecule has 3 nitrogen and oxygen atoms in total. The molecule has 0 spiro atoms. The molecule has 1 aliphatic rings. The van der Waals surface area contributed by atoms with Gasteiger partial charge in [0.25, 0.3) is 0 Å². The first kappa shape index (κ1) is 13.9. The van der Waals surface area contributed by atoms with Gasteiger partial charge in [0.1, 0.15) is 5.78 Å². The second kappa shape index (κ2) is 5.99. The van der Waals surface area contributed by atoms with Gasteiger partial charge >= 0.3 is 5.97 Å². The van der Waals surface area contributed by atoms with E-state index >= 15 is 0 Å². The normalized spacial score (nSPS) is 17.8. The van der Waals surface area contributed by atoms with E-state index in [-0.39, 0.29) is 11.4 Å². The summed E-state index contributed by atoms with van der Waals surface area (Å²) in [5.74, 6) is -0.0501. The predicted molar refractivity (Wildman–Crippen MR) is 66.6 cm³/mol. The number of hydrogen-bond acceptors (Lipinski definition) is 3. The topological polar surface area (TPSA) is 43.4 Å². The van der Waals surface area contributed by atoms with Crippen LogP contribution in [-0.4, -0.2) is 18.4 Å². The molecule has 0 unspecified atom stereocenters. The molecule has 0 radical (unpaired) electrons. The minimum Gasteiger partial charge on any atom is -0.462 e. The van der Waals surface area contributed by atoms with E-state index in [1.54, 1.807) is 6.92 Å². The van der Waals surface area contributed by atoms with Gasteiger partial charge in [-0.1, -0.05) is 26.3 Å². The average molecular weight is 238 g/mol. The first-order chi connectivity index (χ1) is 7.96.